The van der Waals surface area contributed by atoms with Crippen LogP contribution < -0.4 is 0 Å². The Morgan fingerprint density at radius 2 is 1.95 bits per heavy atom. The monoisotopic (exact) mass is 281 g/mol. The van der Waals surface area contributed by atoms with Gasteiger partial charge in [0.1, 0.15) is 0 Å². The molecule has 0 fully saturated rings. The van der Waals surface area contributed by atoms with Crippen molar-refractivity contribution in [3.05, 3.63) is 54.4 Å². The Bertz CT molecular complexity index is 609. The van der Waals surface area contributed by atoms with Gasteiger partial charge in [0.05, 0.1) is 28.6 Å². The predicted octanol–water partition coefficient (Wildman–Crippen LogP) is 1.97. The molecule has 0 unspecified atom stereocenters. The summed E-state index contributed by atoms with van der Waals surface area (Å²) in [6.07, 6.45) is 0. The molecule has 104 valence electrons. The van der Waals surface area contributed by atoms with E-state index in [2.05, 4.69) is 14.8 Å². The van der Waals surface area contributed by atoms with Crippen molar-refractivity contribution >= 4 is 17.3 Å². The van der Waals surface area contributed by atoms with E-state index >= 15 is 0 Å². The first-order valence-corrected chi connectivity index (χ1v) is 5.08. The van der Waals surface area contributed by atoms with E-state index in [9.17, 15) is 25.0 Å². The maximum atomic E-state index is 11.5. The van der Waals surface area contributed by atoms with Crippen molar-refractivity contribution in [3.63, 3.8) is 0 Å². The molecule has 0 saturated heterocycles. The number of nitrogens with zero attached hydrogens (tertiary/aromatic N) is 5. The first-order valence-electron chi connectivity index (χ1n) is 5.08. The van der Waals surface area contributed by atoms with Gasteiger partial charge in [0.2, 0.25) is 0 Å². The average molecular weight is 281 g/mol. The van der Waals surface area contributed by atoms with Gasteiger partial charge < -0.3 is 4.74 Å². The molecule has 0 saturated carbocycles. The smallest absolute Gasteiger partial charge is 0.346 e. The lowest BCUT2D eigenvalue weighted by Crippen LogP contribution is -2.09. The van der Waals surface area contributed by atoms with E-state index in [1.54, 1.807) is 0 Å². The fourth-order valence-corrected chi connectivity index (χ4v) is 1.26. The Morgan fingerprint density at radius 3 is 2.50 bits per heavy atom. The molecule has 0 aliphatic heterocycles. The lowest BCUT2D eigenvalue weighted by molar-refractivity contribution is -0.422. The molecule has 0 heterocycles. The molecule has 0 aromatic heterocycles. The van der Waals surface area contributed by atoms with Crippen molar-refractivity contribution in [2.24, 2.45) is 5.11 Å². The lowest BCUT2D eigenvalue weighted by Gasteiger charge is -2.02. The number of carbonyl (C=O) groups excluding carboxylic acids is 1. The molecule has 1 aromatic rings. The summed E-state index contributed by atoms with van der Waals surface area (Å²) in [6, 6.07) is 2.65. The molecule has 0 aliphatic rings. The van der Waals surface area contributed by atoms with Crippen molar-refractivity contribution < 1.29 is 19.4 Å². The molecule has 11 heteroatoms. The second kappa shape index (κ2) is 6.66. The zero-order chi connectivity index (χ0) is 15.1. The second-order valence-electron chi connectivity index (χ2n) is 3.31. The number of hydrogen-bond acceptors (Lipinski definition) is 7. The van der Waals surface area contributed by atoms with E-state index in [-0.39, 0.29) is 18.7 Å². The van der Waals surface area contributed by atoms with Crippen molar-refractivity contribution in [1.82, 2.24) is 0 Å². The van der Waals surface area contributed by atoms with Crippen molar-refractivity contribution in [3.8, 4) is 0 Å². The fraction of sp³-hybridized carbons (Fsp3) is 0.222. The van der Waals surface area contributed by atoms with Crippen molar-refractivity contribution in [1.29, 1.82) is 0 Å². The van der Waals surface area contributed by atoms with Crippen LogP contribution in [0.25, 0.3) is 10.4 Å². The van der Waals surface area contributed by atoms with Crippen LogP contribution in [-0.2, 0) is 4.74 Å². The van der Waals surface area contributed by atoms with Crippen LogP contribution in [0.15, 0.2) is 23.3 Å². The Hall–Kier alpha value is -3.20. The number of nitro groups is 2. The molecular formula is C9H7N5O6. The summed E-state index contributed by atoms with van der Waals surface area (Å²) >= 11 is 0. The summed E-state index contributed by atoms with van der Waals surface area (Å²) in [5.41, 5.74) is 6.27. The van der Waals surface area contributed by atoms with E-state index in [4.69, 9.17) is 5.53 Å². The van der Waals surface area contributed by atoms with Gasteiger partial charge in [-0.05, 0) is 11.6 Å². The third-order valence-corrected chi connectivity index (χ3v) is 2.09. The third kappa shape index (κ3) is 3.65. The molecular weight excluding hydrogens is 274 g/mol. The van der Waals surface area contributed by atoms with Crippen LogP contribution in [0.5, 0.6) is 0 Å². The predicted molar refractivity (Wildman–Crippen MR) is 64.0 cm³/mol. The highest BCUT2D eigenvalue weighted by molar-refractivity contribution is 5.90. The molecule has 11 nitrogen and oxygen atoms in total. The van der Waals surface area contributed by atoms with E-state index < -0.39 is 27.2 Å². The fourth-order valence-electron chi connectivity index (χ4n) is 1.26. The van der Waals surface area contributed by atoms with Gasteiger partial charge in [0, 0.05) is 17.0 Å². The Kier molecular flexibility index (Phi) is 4.95. The SMILES string of the molecule is [N-]=[N+]=NCCOC(=O)c1ccc([N+](=O)[O-])c([N+](=O)[O-])c1. The van der Waals surface area contributed by atoms with Gasteiger partial charge in [0.15, 0.2) is 0 Å². The Morgan fingerprint density at radius 1 is 1.30 bits per heavy atom. The summed E-state index contributed by atoms with van der Waals surface area (Å²) in [4.78, 5) is 33.4. The lowest BCUT2D eigenvalue weighted by atomic mass is 10.2. The Balaban J connectivity index is 2.94. The van der Waals surface area contributed by atoms with Gasteiger partial charge in [-0.25, -0.2) is 4.79 Å². The summed E-state index contributed by atoms with van der Waals surface area (Å²) < 4.78 is 4.67. The van der Waals surface area contributed by atoms with E-state index in [1.165, 1.54) is 0 Å². The number of carbonyl (C=O) groups is 1. The summed E-state index contributed by atoms with van der Waals surface area (Å²) in [6.45, 7) is -0.287. The summed E-state index contributed by atoms with van der Waals surface area (Å²) in [5.74, 6) is -0.906. The number of esters is 1. The van der Waals surface area contributed by atoms with Crippen LogP contribution in [0.2, 0.25) is 0 Å². The molecule has 0 N–H and O–H groups in total. The average Bonchev–Trinajstić information content (AvgIpc) is 2.42. The highest BCUT2D eigenvalue weighted by atomic mass is 16.6. The Labute approximate surface area is 110 Å². The van der Waals surface area contributed by atoms with Crippen molar-refractivity contribution in [2.75, 3.05) is 13.2 Å². The van der Waals surface area contributed by atoms with Crippen LogP contribution >= 0.6 is 0 Å². The zero-order valence-electron chi connectivity index (χ0n) is 9.83. The number of ether oxygens (including phenoxy) is 1. The molecule has 1 aromatic carbocycles. The third-order valence-electron chi connectivity index (χ3n) is 2.09. The van der Waals surface area contributed by atoms with Gasteiger partial charge >= 0.3 is 17.3 Å². The van der Waals surface area contributed by atoms with Crippen LogP contribution in [-0.4, -0.2) is 29.0 Å². The highest BCUT2D eigenvalue weighted by Crippen LogP contribution is 2.27. The number of nitro benzene ring substituents is 2. The number of hydrogen-bond donors (Lipinski definition) is 0. The molecule has 0 aliphatic carbocycles. The van der Waals surface area contributed by atoms with Crippen LogP contribution in [0, 0.1) is 20.2 Å². The summed E-state index contributed by atoms with van der Waals surface area (Å²) in [7, 11) is 0. The van der Waals surface area contributed by atoms with Gasteiger partial charge in [-0.3, -0.25) is 20.2 Å². The first-order chi connectivity index (χ1) is 9.47. The zero-order valence-corrected chi connectivity index (χ0v) is 9.83. The number of azide groups is 1. The molecule has 1 rings (SSSR count). The minimum atomic E-state index is -0.963. The molecule has 0 spiro atoms. The van der Waals surface area contributed by atoms with E-state index in [1.807, 2.05) is 0 Å². The normalized spacial score (nSPS) is 9.40. The summed E-state index contributed by atoms with van der Waals surface area (Å²) in [5, 5.41) is 24.4. The van der Waals surface area contributed by atoms with Crippen LogP contribution in [0.3, 0.4) is 0 Å². The van der Waals surface area contributed by atoms with E-state index in [0.29, 0.717) is 0 Å². The second-order valence-corrected chi connectivity index (χ2v) is 3.31. The number of rotatable bonds is 6. The van der Waals surface area contributed by atoms with E-state index in [0.717, 1.165) is 18.2 Å². The van der Waals surface area contributed by atoms with Gasteiger partial charge in [-0.2, -0.15) is 0 Å². The molecule has 20 heavy (non-hydrogen) atoms. The highest BCUT2D eigenvalue weighted by Gasteiger charge is 2.25. The quantitative estimate of drug-likeness (QED) is 0.147. The van der Waals surface area contributed by atoms with Crippen LogP contribution in [0.4, 0.5) is 11.4 Å². The maximum Gasteiger partial charge on any atom is 0.346 e. The molecule has 0 amide bonds. The minimum absolute atomic E-state index is 0.0860. The van der Waals surface area contributed by atoms with Gasteiger partial charge in [-0.15, -0.1) is 0 Å². The minimum Gasteiger partial charge on any atom is -0.462 e. The standard InChI is InChI=1S/C9H7N5O6/c10-12-11-3-4-20-9(15)6-1-2-7(13(16)17)8(5-6)14(18)19/h1-2,5H,3-4H2. The van der Waals surface area contributed by atoms with Crippen LogP contribution in [0.1, 0.15) is 10.4 Å². The molecule has 0 atom stereocenters. The van der Waals surface area contributed by atoms with Gasteiger partial charge in [0.25, 0.3) is 0 Å². The largest absolute Gasteiger partial charge is 0.462 e. The molecule has 0 bridgehead atoms. The molecule has 0 radical (unpaired) electrons. The van der Waals surface area contributed by atoms with Gasteiger partial charge in [-0.1, -0.05) is 5.11 Å². The first kappa shape index (κ1) is 14.9. The topological polar surface area (TPSA) is 161 Å². The number of benzene rings is 1. The maximum absolute atomic E-state index is 11.5. The van der Waals surface area contributed by atoms with Crippen molar-refractivity contribution in [2.45, 2.75) is 0 Å².